The predicted molar refractivity (Wildman–Crippen MR) is 88.3 cm³/mol. The molecular formula is C17H23N3O3. The van der Waals surface area contributed by atoms with Crippen molar-refractivity contribution in [2.75, 3.05) is 11.9 Å². The first-order valence-electron chi connectivity index (χ1n) is 7.58. The standard InChI is InChI=1S/C17H23N3O3/c1-11(2)20-15-13(6-5-9-18-15)16(21)19-10-17(4,22)14-8-7-12(3)23-14/h5-9,11,22H,10H2,1-4H3,(H,18,20)(H,19,21). The van der Waals surface area contributed by atoms with Crippen LogP contribution in [0.25, 0.3) is 0 Å². The van der Waals surface area contributed by atoms with E-state index in [4.69, 9.17) is 4.42 Å². The van der Waals surface area contributed by atoms with Crippen LogP contribution in [0, 0.1) is 6.92 Å². The molecule has 2 aromatic heterocycles. The molecule has 0 spiro atoms. The third-order valence-electron chi connectivity index (χ3n) is 3.34. The molecule has 0 aliphatic rings. The van der Waals surface area contributed by atoms with Crippen molar-refractivity contribution in [1.82, 2.24) is 10.3 Å². The molecule has 0 aromatic carbocycles. The number of hydrogen-bond donors (Lipinski definition) is 3. The van der Waals surface area contributed by atoms with E-state index in [2.05, 4.69) is 15.6 Å². The van der Waals surface area contributed by atoms with Crippen molar-refractivity contribution in [3.8, 4) is 0 Å². The monoisotopic (exact) mass is 317 g/mol. The van der Waals surface area contributed by atoms with E-state index in [1.54, 1.807) is 44.3 Å². The van der Waals surface area contributed by atoms with E-state index in [0.717, 1.165) is 0 Å². The zero-order valence-corrected chi connectivity index (χ0v) is 13.9. The van der Waals surface area contributed by atoms with Crippen LogP contribution < -0.4 is 10.6 Å². The minimum atomic E-state index is -1.28. The Morgan fingerprint density at radius 1 is 1.39 bits per heavy atom. The van der Waals surface area contributed by atoms with E-state index in [1.165, 1.54) is 0 Å². The summed E-state index contributed by atoms with van der Waals surface area (Å²) < 4.78 is 5.44. The van der Waals surface area contributed by atoms with Crippen molar-refractivity contribution in [1.29, 1.82) is 0 Å². The molecule has 0 fully saturated rings. The number of carbonyl (C=O) groups is 1. The van der Waals surface area contributed by atoms with Crippen LogP contribution in [0.5, 0.6) is 0 Å². The van der Waals surface area contributed by atoms with Crippen LogP contribution in [0.1, 0.15) is 42.6 Å². The molecule has 3 N–H and O–H groups in total. The number of aryl methyl sites for hydroxylation is 1. The van der Waals surface area contributed by atoms with E-state index in [-0.39, 0.29) is 18.5 Å². The van der Waals surface area contributed by atoms with Crippen LogP contribution in [-0.4, -0.2) is 28.6 Å². The van der Waals surface area contributed by atoms with Crippen molar-refractivity contribution < 1.29 is 14.3 Å². The topological polar surface area (TPSA) is 87.4 Å². The molecule has 6 nitrogen and oxygen atoms in total. The number of aromatic nitrogens is 1. The van der Waals surface area contributed by atoms with Gasteiger partial charge in [0.25, 0.3) is 5.91 Å². The van der Waals surface area contributed by atoms with Gasteiger partial charge >= 0.3 is 0 Å². The fourth-order valence-electron chi connectivity index (χ4n) is 2.14. The Morgan fingerprint density at radius 2 is 2.13 bits per heavy atom. The van der Waals surface area contributed by atoms with Crippen LogP contribution in [0.4, 0.5) is 5.82 Å². The first kappa shape index (κ1) is 17.0. The minimum Gasteiger partial charge on any atom is -0.463 e. The second-order valence-corrected chi connectivity index (χ2v) is 6.07. The van der Waals surface area contributed by atoms with Crippen molar-refractivity contribution in [3.63, 3.8) is 0 Å². The van der Waals surface area contributed by atoms with Gasteiger partial charge in [-0.25, -0.2) is 4.98 Å². The lowest BCUT2D eigenvalue weighted by Gasteiger charge is -2.21. The maximum Gasteiger partial charge on any atom is 0.255 e. The number of aliphatic hydroxyl groups is 1. The maximum atomic E-state index is 12.4. The Hall–Kier alpha value is -2.34. The summed E-state index contributed by atoms with van der Waals surface area (Å²) in [4.78, 5) is 16.6. The normalized spacial score (nSPS) is 13.7. The molecule has 1 amide bonds. The summed E-state index contributed by atoms with van der Waals surface area (Å²) >= 11 is 0. The summed E-state index contributed by atoms with van der Waals surface area (Å²) in [6.07, 6.45) is 1.63. The van der Waals surface area contributed by atoms with E-state index < -0.39 is 5.60 Å². The SMILES string of the molecule is Cc1ccc(C(C)(O)CNC(=O)c2cccnc2NC(C)C)o1. The third kappa shape index (κ3) is 4.32. The molecule has 0 bridgehead atoms. The third-order valence-corrected chi connectivity index (χ3v) is 3.34. The number of anilines is 1. The molecule has 2 rings (SSSR count). The van der Waals surface area contributed by atoms with Gasteiger partial charge in [0.15, 0.2) is 0 Å². The Morgan fingerprint density at radius 3 is 2.74 bits per heavy atom. The zero-order chi connectivity index (χ0) is 17.0. The molecule has 0 radical (unpaired) electrons. The highest BCUT2D eigenvalue weighted by atomic mass is 16.4. The van der Waals surface area contributed by atoms with Crippen LogP contribution in [0.15, 0.2) is 34.9 Å². The molecule has 2 aromatic rings. The number of hydrogen-bond acceptors (Lipinski definition) is 5. The Labute approximate surface area is 135 Å². The molecule has 6 heteroatoms. The number of carbonyl (C=O) groups excluding carboxylic acids is 1. The first-order valence-corrected chi connectivity index (χ1v) is 7.58. The number of pyridine rings is 1. The van der Waals surface area contributed by atoms with Crippen molar-refractivity contribution in [2.24, 2.45) is 0 Å². The molecule has 2 heterocycles. The van der Waals surface area contributed by atoms with Gasteiger partial charge in [-0.2, -0.15) is 0 Å². The second-order valence-electron chi connectivity index (χ2n) is 6.07. The largest absolute Gasteiger partial charge is 0.463 e. The number of rotatable bonds is 6. The van der Waals surface area contributed by atoms with Crippen molar-refractivity contribution in [3.05, 3.63) is 47.5 Å². The fourth-order valence-corrected chi connectivity index (χ4v) is 2.14. The molecule has 0 saturated heterocycles. The van der Waals surface area contributed by atoms with Gasteiger partial charge in [-0.15, -0.1) is 0 Å². The number of nitrogens with one attached hydrogen (secondary N) is 2. The molecule has 124 valence electrons. The molecule has 1 atom stereocenters. The van der Waals surface area contributed by atoms with Gasteiger partial charge in [-0.1, -0.05) is 0 Å². The number of amides is 1. The van der Waals surface area contributed by atoms with Crippen molar-refractivity contribution >= 4 is 11.7 Å². The average Bonchev–Trinajstić information content (AvgIpc) is 2.92. The Bertz CT molecular complexity index is 677. The van der Waals surface area contributed by atoms with Gasteiger partial charge in [0.2, 0.25) is 0 Å². The van der Waals surface area contributed by atoms with E-state index in [9.17, 15) is 9.90 Å². The lowest BCUT2D eigenvalue weighted by Crippen LogP contribution is -2.38. The van der Waals surface area contributed by atoms with Gasteiger partial charge in [-0.05, 0) is 52.0 Å². The van der Waals surface area contributed by atoms with E-state index in [0.29, 0.717) is 22.9 Å². The second kappa shape index (κ2) is 6.83. The summed E-state index contributed by atoms with van der Waals surface area (Å²) in [6, 6.07) is 7.03. The van der Waals surface area contributed by atoms with Gasteiger partial charge in [0, 0.05) is 12.2 Å². The lowest BCUT2D eigenvalue weighted by atomic mass is 10.0. The van der Waals surface area contributed by atoms with Crippen molar-refractivity contribution in [2.45, 2.75) is 39.3 Å². The molecule has 0 aliphatic carbocycles. The quantitative estimate of drug-likeness (QED) is 0.761. The number of nitrogens with zero attached hydrogens (tertiary/aromatic N) is 1. The summed E-state index contributed by atoms with van der Waals surface area (Å²) in [6.45, 7) is 7.38. The summed E-state index contributed by atoms with van der Waals surface area (Å²) in [5.41, 5.74) is -0.842. The van der Waals surface area contributed by atoms with Gasteiger partial charge in [0.1, 0.15) is 22.9 Å². The maximum absolute atomic E-state index is 12.4. The zero-order valence-electron chi connectivity index (χ0n) is 13.9. The highest BCUT2D eigenvalue weighted by Crippen LogP contribution is 2.22. The van der Waals surface area contributed by atoms with Crippen LogP contribution in [0.2, 0.25) is 0 Å². The predicted octanol–water partition coefficient (Wildman–Crippen LogP) is 2.44. The van der Waals surface area contributed by atoms with Crippen LogP contribution in [0.3, 0.4) is 0 Å². The Balaban J connectivity index is 2.08. The molecule has 0 saturated carbocycles. The highest BCUT2D eigenvalue weighted by Gasteiger charge is 2.28. The summed E-state index contributed by atoms with van der Waals surface area (Å²) in [7, 11) is 0. The molecule has 23 heavy (non-hydrogen) atoms. The lowest BCUT2D eigenvalue weighted by molar-refractivity contribution is 0.0323. The van der Waals surface area contributed by atoms with E-state index in [1.807, 2.05) is 13.8 Å². The summed E-state index contributed by atoms with van der Waals surface area (Å²) in [5, 5.41) is 16.3. The van der Waals surface area contributed by atoms with E-state index >= 15 is 0 Å². The van der Waals surface area contributed by atoms with Crippen LogP contribution >= 0.6 is 0 Å². The average molecular weight is 317 g/mol. The van der Waals surface area contributed by atoms with Crippen LogP contribution in [-0.2, 0) is 5.60 Å². The van der Waals surface area contributed by atoms with Gasteiger partial charge in [-0.3, -0.25) is 4.79 Å². The molecular weight excluding hydrogens is 294 g/mol. The Kier molecular flexibility index (Phi) is 5.05. The number of furan rings is 1. The highest BCUT2D eigenvalue weighted by molar-refractivity contribution is 5.98. The summed E-state index contributed by atoms with van der Waals surface area (Å²) in [5.74, 6) is 1.35. The molecule has 0 aliphatic heterocycles. The van der Waals surface area contributed by atoms with Gasteiger partial charge in [0.05, 0.1) is 12.1 Å². The first-order chi connectivity index (χ1) is 10.8. The molecule has 1 unspecified atom stereocenters. The van der Waals surface area contributed by atoms with Gasteiger partial charge < -0.3 is 20.2 Å². The fraction of sp³-hybridized carbons (Fsp3) is 0.412. The minimum absolute atomic E-state index is 0.0365. The smallest absolute Gasteiger partial charge is 0.255 e.